The number of carbonyl (C=O) groups excluding carboxylic acids is 2. The zero-order valence-electron chi connectivity index (χ0n) is 20.1. The summed E-state index contributed by atoms with van der Waals surface area (Å²) in [5.74, 6) is -0.818. The molecule has 0 radical (unpaired) electrons. The van der Waals surface area contributed by atoms with Crippen LogP contribution in [0, 0.1) is 0 Å². The molecule has 4 rings (SSSR count). The second kappa shape index (κ2) is 11.6. The Morgan fingerprint density at radius 1 is 1.14 bits per heavy atom. The van der Waals surface area contributed by atoms with Crippen LogP contribution in [0.15, 0.2) is 54.6 Å². The number of esters is 1. The molecule has 1 amide bonds. The minimum absolute atomic E-state index is 0.149. The van der Waals surface area contributed by atoms with Gasteiger partial charge in [-0.15, -0.1) is 0 Å². The summed E-state index contributed by atoms with van der Waals surface area (Å²) in [6.45, 7) is 2.81. The number of nitrogens with one attached hydrogen (secondary N) is 1. The number of hydrogen-bond donors (Lipinski definition) is 1. The van der Waals surface area contributed by atoms with Crippen LogP contribution in [0.2, 0.25) is 0 Å². The number of aromatic nitrogens is 1. The van der Waals surface area contributed by atoms with E-state index in [1.165, 1.54) is 12.1 Å². The predicted molar refractivity (Wildman–Crippen MR) is 133 cm³/mol. The molecule has 196 valence electrons. The highest BCUT2D eigenvalue weighted by Gasteiger charge is 2.33. The van der Waals surface area contributed by atoms with Crippen LogP contribution >= 0.6 is 11.3 Å². The first kappa shape index (κ1) is 26.5. The average molecular weight is 534 g/mol. The molecule has 1 unspecified atom stereocenters. The second-order valence-electron chi connectivity index (χ2n) is 8.48. The highest BCUT2D eigenvalue weighted by molar-refractivity contribution is 7.17. The molecule has 0 aliphatic carbocycles. The summed E-state index contributed by atoms with van der Waals surface area (Å²) in [4.78, 5) is 31.8. The number of nitrogens with zero attached hydrogens (tertiary/aromatic N) is 2. The van der Waals surface area contributed by atoms with Gasteiger partial charge in [0.1, 0.15) is 11.5 Å². The van der Waals surface area contributed by atoms with Gasteiger partial charge in [-0.3, -0.25) is 0 Å². The molecule has 1 N–H and O–H groups in total. The van der Waals surface area contributed by atoms with Crippen molar-refractivity contribution >= 4 is 34.2 Å². The van der Waals surface area contributed by atoms with E-state index in [1.807, 2.05) is 30.3 Å². The summed E-state index contributed by atoms with van der Waals surface area (Å²) in [6.07, 6.45) is -3.57. The molecule has 2 heterocycles. The fraction of sp³-hybridized carbons (Fsp3) is 0.346. The van der Waals surface area contributed by atoms with Crippen LogP contribution in [0.5, 0.6) is 0 Å². The van der Waals surface area contributed by atoms with Crippen LogP contribution in [0.3, 0.4) is 0 Å². The summed E-state index contributed by atoms with van der Waals surface area (Å²) in [6, 6.07) is 14.1. The van der Waals surface area contributed by atoms with Crippen LogP contribution in [-0.4, -0.2) is 41.6 Å². The highest BCUT2D eigenvalue weighted by atomic mass is 32.1. The third-order valence-corrected chi connectivity index (χ3v) is 6.79. The van der Waals surface area contributed by atoms with Crippen LogP contribution in [-0.2, 0) is 22.3 Å². The summed E-state index contributed by atoms with van der Waals surface area (Å²) >= 11 is 1.01. The number of hydrogen-bond acceptors (Lipinski definition) is 7. The fourth-order valence-electron chi connectivity index (χ4n) is 4.08. The quantitative estimate of drug-likeness (QED) is 0.345. The molecular formula is C26H26F3N3O4S. The maximum atomic E-state index is 13.1. The van der Waals surface area contributed by atoms with Gasteiger partial charge in [-0.1, -0.05) is 47.7 Å². The third-order valence-electron chi connectivity index (χ3n) is 5.83. The normalized spacial score (nSPS) is 15.8. The van der Waals surface area contributed by atoms with E-state index < -0.39 is 23.8 Å². The Morgan fingerprint density at radius 2 is 1.92 bits per heavy atom. The van der Waals surface area contributed by atoms with Crippen molar-refractivity contribution in [3.8, 4) is 0 Å². The molecule has 37 heavy (non-hydrogen) atoms. The van der Waals surface area contributed by atoms with Gasteiger partial charge in [0.25, 0.3) is 0 Å². The molecule has 3 aromatic rings. The minimum atomic E-state index is -4.48. The summed E-state index contributed by atoms with van der Waals surface area (Å²) < 4.78 is 50.0. The number of amides is 1. The Labute approximate surface area is 216 Å². The molecule has 0 spiro atoms. The number of likely N-dealkylation sites (tertiary alicyclic amines) is 1. The fourth-order valence-corrected chi connectivity index (χ4v) is 5.04. The number of thiazole rings is 1. The van der Waals surface area contributed by atoms with Crippen LogP contribution in [0.25, 0.3) is 0 Å². The molecule has 1 saturated heterocycles. The molecule has 2 aromatic carbocycles. The molecule has 0 bridgehead atoms. The predicted octanol–water partition coefficient (Wildman–Crippen LogP) is 6.60. The van der Waals surface area contributed by atoms with Gasteiger partial charge >= 0.3 is 18.2 Å². The minimum Gasteiger partial charge on any atom is -0.462 e. The molecule has 1 aromatic heterocycles. The Kier molecular flexibility index (Phi) is 8.32. The largest absolute Gasteiger partial charge is 0.462 e. The lowest BCUT2D eigenvalue weighted by atomic mass is 9.94. The zero-order chi connectivity index (χ0) is 26.4. The first-order chi connectivity index (χ1) is 17.7. The molecular weight excluding hydrogens is 507 g/mol. The highest BCUT2D eigenvalue weighted by Crippen LogP contribution is 2.37. The van der Waals surface area contributed by atoms with Gasteiger partial charge in [-0.05, 0) is 43.5 Å². The van der Waals surface area contributed by atoms with E-state index in [9.17, 15) is 22.8 Å². The lowest BCUT2D eigenvalue weighted by Crippen LogP contribution is -2.39. The number of carbonyl (C=O) groups is 2. The zero-order valence-corrected chi connectivity index (χ0v) is 20.9. The second-order valence-corrected chi connectivity index (χ2v) is 9.48. The van der Waals surface area contributed by atoms with Crippen LogP contribution < -0.4 is 5.32 Å². The van der Waals surface area contributed by atoms with Crippen molar-refractivity contribution in [2.75, 3.05) is 25.0 Å². The van der Waals surface area contributed by atoms with E-state index >= 15 is 0 Å². The first-order valence-corrected chi connectivity index (χ1v) is 12.6. The van der Waals surface area contributed by atoms with Gasteiger partial charge in [-0.25, -0.2) is 14.6 Å². The number of rotatable bonds is 7. The molecule has 7 nitrogen and oxygen atoms in total. The molecule has 0 saturated carbocycles. The van der Waals surface area contributed by atoms with Crippen molar-refractivity contribution in [2.24, 2.45) is 0 Å². The molecule has 11 heteroatoms. The topological polar surface area (TPSA) is 80.8 Å². The summed E-state index contributed by atoms with van der Waals surface area (Å²) in [7, 11) is 0. The van der Waals surface area contributed by atoms with Crippen molar-refractivity contribution in [3.63, 3.8) is 0 Å². The maximum Gasteiger partial charge on any atom is 0.416 e. The Balaban J connectivity index is 1.51. The van der Waals surface area contributed by atoms with Gasteiger partial charge in [0, 0.05) is 24.7 Å². The van der Waals surface area contributed by atoms with Gasteiger partial charge in [0.2, 0.25) is 0 Å². The maximum absolute atomic E-state index is 13.1. The van der Waals surface area contributed by atoms with Gasteiger partial charge in [0.15, 0.2) is 5.13 Å². The van der Waals surface area contributed by atoms with Crippen molar-refractivity contribution in [1.82, 2.24) is 9.88 Å². The number of ether oxygens (including phenoxy) is 2. The van der Waals surface area contributed by atoms with Gasteiger partial charge in [0.05, 0.1) is 17.9 Å². The first-order valence-electron chi connectivity index (χ1n) is 11.8. The Bertz CT molecular complexity index is 1230. The molecule has 1 atom stereocenters. The van der Waals surface area contributed by atoms with E-state index in [2.05, 4.69) is 10.3 Å². The Morgan fingerprint density at radius 3 is 2.65 bits per heavy atom. The molecule has 1 aliphatic rings. The smallest absolute Gasteiger partial charge is 0.416 e. The lowest BCUT2D eigenvalue weighted by molar-refractivity contribution is -0.137. The SMILES string of the molecule is CCOC(=O)c1sc(Nc2cccc(C(F)(F)F)c2)nc1C1CCCN(C(=O)OCc2ccccc2)C1. The Hall–Kier alpha value is -3.60. The van der Waals surface area contributed by atoms with Crippen molar-refractivity contribution in [3.05, 3.63) is 76.3 Å². The molecule has 1 fully saturated rings. The van der Waals surface area contributed by atoms with Crippen molar-refractivity contribution < 1.29 is 32.2 Å². The summed E-state index contributed by atoms with van der Waals surface area (Å²) in [5.41, 5.74) is 0.731. The number of benzene rings is 2. The van der Waals surface area contributed by atoms with E-state index in [1.54, 1.807) is 11.8 Å². The van der Waals surface area contributed by atoms with Gasteiger partial charge in [-0.2, -0.15) is 13.2 Å². The van der Waals surface area contributed by atoms with Crippen molar-refractivity contribution in [1.29, 1.82) is 0 Å². The molecule has 1 aliphatic heterocycles. The number of anilines is 2. The van der Waals surface area contributed by atoms with E-state index in [0.717, 1.165) is 29.0 Å². The standard InChI is InChI=1S/C26H26F3N3O4S/c1-2-35-23(33)22-21(31-24(37-22)30-20-12-6-11-19(14-20)26(27,28)29)18-10-7-13-32(15-18)25(34)36-16-17-8-4-3-5-9-17/h3-6,8-9,11-12,14,18H,2,7,10,13,15-16H2,1H3,(H,30,31). The number of piperidine rings is 1. The average Bonchev–Trinajstić information content (AvgIpc) is 3.32. The van der Waals surface area contributed by atoms with Crippen LogP contribution in [0.4, 0.5) is 28.8 Å². The number of halogens is 3. The van der Waals surface area contributed by atoms with Gasteiger partial charge < -0.3 is 19.7 Å². The lowest BCUT2D eigenvalue weighted by Gasteiger charge is -2.31. The van der Waals surface area contributed by atoms with E-state index in [-0.39, 0.29) is 34.8 Å². The summed E-state index contributed by atoms with van der Waals surface area (Å²) in [5, 5.41) is 3.15. The number of alkyl halides is 3. The van der Waals surface area contributed by atoms with Crippen LogP contribution in [0.1, 0.15) is 52.2 Å². The van der Waals surface area contributed by atoms with Crippen molar-refractivity contribution in [2.45, 2.75) is 38.5 Å². The van der Waals surface area contributed by atoms with E-state index in [4.69, 9.17) is 9.47 Å². The monoisotopic (exact) mass is 533 g/mol. The van der Waals surface area contributed by atoms with E-state index in [0.29, 0.717) is 31.6 Å². The third kappa shape index (κ3) is 6.79.